The molecule has 332 valence electrons. The molecule has 3 atom stereocenters. The van der Waals surface area contributed by atoms with Gasteiger partial charge in [-0.3, -0.25) is 9.69 Å². The van der Waals surface area contributed by atoms with Crippen molar-refractivity contribution in [2.24, 2.45) is 0 Å². The average Bonchev–Trinajstić information content (AvgIpc) is 3.03. The molecule has 2 aliphatic rings. The van der Waals surface area contributed by atoms with Crippen LogP contribution in [0.3, 0.4) is 0 Å². The number of benzene rings is 2. The maximum absolute atomic E-state index is 14.4. The number of amides is 3. The molecule has 3 amide bonds. The van der Waals surface area contributed by atoms with E-state index in [1.165, 1.54) is 0 Å². The zero-order valence-corrected chi connectivity index (χ0v) is 29.9. The van der Waals surface area contributed by atoms with Crippen molar-refractivity contribution in [3.8, 4) is 0 Å². The molecule has 2 aromatic rings. The van der Waals surface area contributed by atoms with Gasteiger partial charge in [0, 0.05) is 25.1 Å². The normalized spacial score (nSPS) is 26.9. The number of aryl methyl sites for hydroxylation is 1. The maximum Gasteiger partial charge on any atom is 0.416 e. The van der Waals surface area contributed by atoms with Crippen LogP contribution in [-0.2, 0) is 28.6 Å². The lowest BCUT2D eigenvalue weighted by molar-refractivity contribution is -0.629. The molecule has 2 aliphatic heterocycles. The summed E-state index contributed by atoms with van der Waals surface area (Å²) in [6.07, 6.45) is -11.2. The van der Waals surface area contributed by atoms with Gasteiger partial charge in [0.2, 0.25) is 17.4 Å². The lowest BCUT2D eigenvalue weighted by atomic mass is 9.74. The lowest BCUT2D eigenvalue weighted by Crippen LogP contribution is -2.98. The van der Waals surface area contributed by atoms with E-state index in [0.29, 0.717) is 13.0 Å². The van der Waals surface area contributed by atoms with E-state index in [1.807, 2.05) is 0 Å². The summed E-state index contributed by atoms with van der Waals surface area (Å²) in [7, 11) is 0.195. The first-order valence-corrected chi connectivity index (χ1v) is 15.8. The van der Waals surface area contributed by atoms with Crippen LogP contribution in [0.5, 0.6) is 0 Å². The van der Waals surface area contributed by atoms with Crippen LogP contribution in [0.25, 0.3) is 0 Å². The van der Waals surface area contributed by atoms with E-state index in [2.05, 4.69) is 0 Å². The summed E-state index contributed by atoms with van der Waals surface area (Å²) in [6.45, 7) is 1.10. The Morgan fingerprint density at radius 1 is 0.644 bits per heavy atom. The minimum absolute atomic E-state index is 0.163. The number of carbonyl (C=O) groups excluding carboxylic acids is 2. The summed E-state index contributed by atoms with van der Waals surface area (Å²) < 4.78 is 96.7. The average molecular weight is 873 g/mol. The van der Waals surface area contributed by atoms with Gasteiger partial charge in [-0.05, 0) is 49.7 Å². The summed E-state index contributed by atoms with van der Waals surface area (Å²) in [5.74, 6) is -41.1. The lowest BCUT2D eigenvalue weighted by Gasteiger charge is -2.68. The Kier molecular flexibility index (Phi) is 10.7. The van der Waals surface area contributed by atoms with Crippen LogP contribution in [0.1, 0.15) is 41.7 Å². The van der Waals surface area contributed by atoms with Crippen LogP contribution < -0.4 is 0 Å². The van der Waals surface area contributed by atoms with Crippen molar-refractivity contribution in [3.63, 3.8) is 0 Å². The third kappa shape index (κ3) is 6.41. The van der Waals surface area contributed by atoms with Crippen LogP contribution in [0.2, 0.25) is 0 Å². The highest BCUT2D eigenvalue weighted by Gasteiger charge is 2.88. The Balaban J connectivity index is 2.13. The molecule has 0 radical (unpaired) electrons. The van der Waals surface area contributed by atoms with E-state index < -0.39 is 142 Å². The predicted molar refractivity (Wildman–Crippen MR) is 164 cm³/mol. The Labute approximate surface area is 322 Å². The second-order valence-electron chi connectivity index (χ2n) is 13.9. The van der Waals surface area contributed by atoms with Crippen molar-refractivity contribution in [1.29, 1.82) is 0 Å². The number of hydrogen-bond donors (Lipinski definition) is 16. The number of piperidine rings is 1. The molecule has 0 saturated carbocycles. The standard InChI is InChI=1S/C30H35F7N4O18/c1-11-7-16(31)5-6-17(11)21(45)22(46,47)18(40-29(56,57)27(52,53)39(12(2)42)28(54,55)30(40,58)59)23(48,49)26(50,51)41(21)19(43)38(4)20(3,44)13-8-14(24(32,33)34)10-15(9-13)25(35,36)37/h5-10,18,44-59H,1-4H3. The minimum atomic E-state index is -5.61. The number of urea groups is 1. The molecular formula is C30H35F7N4O18. The Hall–Kier alpha value is -3.99. The quantitative estimate of drug-likeness (QED) is 0.101. The van der Waals surface area contributed by atoms with Crippen LogP contribution in [0.4, 0.5) is 35.5 Å². The molecular weight excluding hydrogens is 837 g/mol. The molecule has 4 rings (SSSR count). The number of hydrogen-bond acceptors (Lipinski definition) is 19. The molecule has 0 spiro atoms. The number of carbonyl (C=O) groups is 2. The maximum atomic E-state index is 14.4. The van der Waals surface area contributed by atoms with Gasteiger partial charge in [-0.15, -0.1) is 0 Å². The molecule has 16 N–H and O–H groups in total. The van der Waals surface area contributed by atoms with Crippen molar-refractivity contribution in [3.05, 3.63) is 70.0 Å². The van der Waals surface area contributed by atoms with E-state index >= 15 is 0 Å². The van der Waals surface area contributed by atoms with Gasteiger partial charge in [0.25, 0.3) is 5.79 Å². The van der Waals surface area contributed by atoms with Crippen LogP contribution in [0, 0.1) is 12.7 Å². The van der Waals surface area contributed by atoms with Crippen molar-refractivity contribution in [2.45, 2.75) is 91.7 Å². The SMILES string of the molecule is CC(=O)N1C(O)(O)C(O)(O)N(C2C(O)(O)C(O)(O)N(C(=O)N(C)C(C)(O)c3cc(C(F)(F)F)cc(C(F)(F)F)c3)C(O)(c3ccc(F)cc3C)C2(O)O)C(O)(O)C1(O)O. The van der Waals surface area contributed by atoms with Crippen LogP contribution in [-0.4, -0.2) is 167 Å². The molecule has 0 aliphatic carbocycles. The number of halogens is 7. The summed E-state index contributed by atoms with van der Waals surface area (Å²) in [6, 6.07) is -7.35. The molecule has 2 heterocycles. The molecule has 59 heavy (non-hydrogen) atoms. The monoisotopic (exact) mass is 872 g/mol. The molecule has 2 fully saturated rings. The Morgan fingerprint density at radius 3 is 1.42 bits per heavy atom. The van der Waals surface area contributed by atoms with Gasteiger partial charge in [-0.2, -0.15) is 31.2 Å². The fourth-order valence-electron chi connectivity index (χ4n) is 6.79. The van der Waals surface area contributed by atoms with Gasteiger partial charge in [-0.25, -0.2) is 19.0 Å². The molecule has 22 nitrogen and oxygen atoms in total. The summed E-state index contributed by atoms with van der Waals surface area (Å²) in [5.41, 5.74) is -16.8. The van der Waals surface area contributed by atoms with Crippen LogP contribution >= 0.6 is 0 Å². The summed E-state index contributed by atoms with van der Waals surface area (Å²) >= 11 is 0. The molecule has 29 heteroatoms. The first kappa shape index (κ1) is 47.7. The van der Waals surface area contributed by atoms with Gasteiger partial charge in [0.15, 0.2) is 5.72 Å². The Bertz CT molecular complexity index is 1980. The third-order valence-corrected chi connectivity index (χ3v) is 10.0. The highest BCUT2D eigenvalue weighted by atomic mass is 19.4. The van der Waals surface area contributed by atoms with Gasteiger partial charge >= 0.3 is 47.9 Å². The second kappa shape index (κ2) is 13.3. The largest absolute Gasteiger partial charge is 0.416 e. The smallest absolute Gasteiger partial charge is 0.367 e. The van der Waals surface area contributed by atoms with Crippen molar-refractivity contribution < 1.29 is 122 Å². The van der Waals surface area contributed by atoms with Gasteiger partial charge in [0.05, 0.1) is 11.1 Å². The molecule has 3 unspecified atom stereocenters. The Morgan fingerprint density at radius 2 is 1.05 bits per heavy atom. The molecule has 2 saturated heterocycles. The van der Waals surface area contributed by atoms with E-state index in [9.17, 15) is 122 Å². The van der Waals surface area contributed by atoms with Gasteiger partial charge in [-0.1, -0.05) is 6.07 Å². The summed E-state index contributed by atoms with van der Waals surface area (Å²) in [4.78, 5) is 21.6. The van der Waals surface area contributed by atoms with Gasteiger partial charge < -0.3 is 81.7 Å². The number of nitrogens with zero attached hydrogens (tertiary/aromatic N) is 4. The van der Waals surface area contributed by atoms with E-state index in [-0.39, 0.29) is 45.2 Å². The predicted octanol–water partition coefficient (Wildman–Crippen LogP) is -5.36. The number of likely N-dealkylation sites (tertiary alicyclic amines) is 1. The first-order chi connectivity index (χ1) is 26.0. The van der Waals surface area contributed by atoms with E-state index in [1.54, 1.807) is 0 Å². The second-order valence-corrected chi connectivity index (χ2v) is 13.9. The highest BCUT2D eigenvalue weighted by Crippen LogP contribution is 2.57. The molecule has 0 aromatic heterocycles. The number of alkyl halides is 6. The number of rotatable bonds is 4. The minimum Gasteiger partial charge on any atom is -0.367 e. The fourth-order valence-corrected chi connectivity index (χ4v) is 6.79. The topological polar surface area (TPSA) is 371 Å². The number of piperazine rings is 1. The highest BCUT2D eigenvalue weighted by molar-refractivity contribution is 5.78. The van der Waals surface area contributed by atoms with Crippen LogP contribution in [0.15, 0.2) is 36.4 Å². The zero-order valence-electron chi connectivity index (χ0n) is 29.9. The third-order valence-electron chi connectivity index (χ3n) is 10.0. The van der Waals surface area contributed by atoms with Gasteiger partial charge in [0.1, 0.15) is 11.9 Å². The number of aliphatic hydroxyl groups is 16. The summed E-state index contributed by atoms with van der Waals surface area (Å²) in [5, 5.41) is 179. The molecule has 2 aromatic carbocycles. The zero-order chi connectivity index (χ0) is 46.2. The first-order valence-electron chi connectivity index (χ1n) is 15.8. The van der Waals surface area contributed by atoms with Crippen molar-refractivity contribution >= 4 is 11.9 Å². The van der Waals surface area contributed by atoms with E-state index in [0.717, 1.165) is 0 Å². The van der Waals surface area contributed by atoms with Crippen molar-refractivity contribution in [2.75, 3.05) is 7.05 Å². The molecule has 0 bridgehead atoms. The fraction of sp³-hybridized carbons (Fsp3) is 0.533. The van der Waals surface area contributed by atoms with Crippen molar-refractivity contribution in [1.82, 2.24) is 19.6 Å². The van der Waals surface area contributed by atoms with E-state index in [4.69, 9.17) is 0 Å².